The Kier molecular flexibility index (Phi) is 2.86. The van der Waals surface area contributed by atoms with Gasteiger partial charge in [0, 0.05) is 18.3 Å². The second-order valence-corrected chi connectivity index (χ2v) is 3.20. The maximum Gasteiger partial charge on any atom is 0.114 e. The van der Waals surface area contributed by atoms with E-state index in [1.165, 1.54) is 11.1 Å². The van der Waals surface area contributed by atoms with Crippen LogP contribution in [0.15, 0.2) is 54.4 Å². The lowest BCUT2D eigenvalue weighted by Gasteiger charge is -2.01. The minimum Gasteiger partial charge on any atom is -0.496 e. The van der Waals surface area contributed by atoms with Gasteiger partial charge in [0.15, 0.2) is 0 Å². The zero-order valence-corrected chi connectivity index (χ0v) is 7.94. The van der Waals surface area contributed by atoms with E-state index in [2.05, 4.69) is 17.4 Å². The third-order valence-corrected chi connectivity index (χ3v) is 2.06. The molecule has 0 fully saturated rings. The zero-order valence-electron chi connectivity index (χ0n) is 7.94. The summed E-state index contributed by atoms with van der Waals surface area (Å²) < 4.78 is 5.07. The Morgan fingerprint density at radius 3 is 2.86 bits per heavy atom. The van der Waals surface area contributed by atoms with Crippen LogP contribution in [0.3, 0.4) is 0 Å². The van der Waals surface area contributed by atoms with Crippen molar-refractivity contribution in [2.45, 2.75) is 6.54 Å². The second-order valence-electron chi connectivity index (χ2n) is 3.20. The molecular weight excluding hydrogens is 174 g/mol. The molecule has 0 spiro atoms. The second kappa shape index (κ2) is 4.51. The van der Waals surface area contributed by atoms with Gasteiger partial charge in [-0.15, -0.1) is 0 Å². The number of benzene rings is 1. The van der Waals surface area contributed by atoms with Crippen LogP contribution in [0, 0.1) is 0 Å². The van der Waals surface area contributed by atoms with Crippen LogP contribution in [0.2, 0.25) is 0 Å². The highest BCUT2D eigenvalue weighted by Crippen LogP contribution is 2.05. The lowest BCUT2D eigenvalue weighted by atomic mass is 10.2. The molecule has 1 aliphatic rings. The minimum absolute atomic E-state index is 0.682. The van der Waals surface area contributed by atoms with Crippen LogP contribution in [0.1, 0.15) is 5.56 Å². The number of ether oxygens (including phenoxy) is 1. The molecule has 0 radical (unpaired) electrons. The van der Waals surface area contributed by atoms with E-state index < -0.39 is 0 Å². The molecule has 1 aromatic rings. The fraction of sp³-hybridized carbons (Fsp3) is 0.167. The third-order valence-electron chi connectivity index (χ3n) is 2.06. The smallest absolute Gasteiger partial charge is 0.114 e. The molecule has 0 amide bonds. The SMILES string of the molecule is C1=CC(=CNCc2ccccc2)CO1. The quantitative estimate of drug-likeness (QED) is 0.783. The van der Waals surface area contributed by atoms with Gasteiger partial charge in [-0.05, 0) is 11.6 Å². The van der Waals surface area contributed by atoms with Crippen molar-refractivity contribution in [1.82, 2.24) is 5.32 Å². The Labute approximate surface area is 83.9 Å². The first-order valence-electron chi connectivity index (χ1n) is 4.70. The van der Waals surface area contributed by atoms with Crippen LogP contribution in [-0.4, -0.2) is 6.61 Å². The zero-order chi connectivity index (χ0) is 9.64. The van der Waals surface area contributed by atoms with Gasteiger partial charge in [0.05, 0.1) is 6.26 Å². The number of nitrogens with one attached hydrogen (secondary N) is 1. The highest BCUT2D eigenvalue weighted by molar-refractivity contribution is 5.21. The summed E-state index contributed by atoms with van der Waals surface area (Å²) >= 11 is 0. The molecule has 2 heteroatoms. The van der Waals surface area contributed by atoms with E-state index >= 15 is 0 Å². The van der Waals surface area contributed by atoms with Crippen LogP contribution in [0.4, 0.5) is 0 Å². The first-order valence-corrected chi connectivity index (χ1v) is 4.70. The predicted octanol–water partition coefficient (Wildman–Crippen LogP) is 2.20. The van der Waals surface area contributed by atoms with Crippen molar-refractivity contribution in [1.29, 1.82) is 0 Å². The number of hydrogen-bond acceptors (Lipinski definition) is 2. The Bertz CT molecular complexity index is 341. The Morgan fingerprint density at radius 1 is 1.29 bits per heavy atom. The highest BCUT2D eigenvalue weighted by Gasteiger charge is 1.97. The predicted molar refractivity (Wildman–Crippen MR) is 56.5 cm³/mol. The summed E-state index contributed by atoms with van der Waals surface area (Å²) in [7, 11) is 0. The molecule has 0 aromatic heterocycles. The topological polar surface area (TPSA) is 21.3 Å². The monoisotopic (exact) mass is 187 g/mol. The molecule has 0 atom stereocenters. The van der Waals surface area contributed by atoms with Crippen LogP contribution in [-0.2, 0) is 11.3 Å². The lowest BCUT2D eigenvalue weighted by Crippen LogP contribution is -2.05. The summed E-state index contributed by atoms with van der Waals surface area (Å²) in [6.45, 7) is 1.54. The maximum atomic E-state index is 5.07. The molecule has 0 saturated carbocycles. The van der Waals surface area contributed by atoms with Crippen molar-refractivity contribution in [2.75, 3.05) is 6.61 Å². The van der Waals surface area contributed by atoms with Crippen LogP contribution in [0.25, 0.3) is 0 Å². The lowest BCUT2D eigenvalue weighted by molar-refractivity contribution is 0.301. The molecule has 1 N–H and O–H groups in total. The van der Waals surface area contributed by atoms with Gasteiger partial charge in [0.25, 0.3) is 0 Å². The molecule has 1 aliphatic heterocycles. The van der Waals surface area contributed by atoms with Gasteiger partial charge in [0.1, 0.15) is 6.61 Å². The van der Waals surface area contributed by atoms with E-state index in [0.717, 1.165) is 6.54 Å². The first-order chi connectivity index (χ1) is 6.95. The molecule has 0 unspecified atom stereocenters. The summed E-state index contributed by atoms with van der Waals surface area (Å²) in [5.41, 5.74) is 2.47. The average molecular weight is 187 g/mol. The van der Waals surface area contributed by atoms with Crippen molar-refractivity contribution in [2.24, 2.45) is 0 Å². The molecule has 0 bridgehead atoms. The van der Waals surface area contributed by atoms with E-state index in [4.69, 9.17) is 4.74 Å². The van der Waals surface area contributed by atoms with Crippen molar-refractivity contribution in [3.63, 3.8) is 0 Å². The van der Waals surface area contributed by atoms with Crippen LogP contribution < -0.4 is 5.32 Å². The molecule has 1 heterocycles. The fourth-order valence-corrected chi connectivity index (χ4v) is 1.31. The fourth-order valence-electron chi connectivity index (χ4n) is 1.31. The van der Waals surface area contributed by atoms with E-state index in [0.29, 0.717) is 6.61 Å². The molecule has 72 valence electrons. The van der Waals surface area contributed by atoms with Gasteiger partial charge in [-0.1, -0.05) is 30.3 Å². The third kappa shape index (κ3) is 2.39. The van der Waals surface area contributed by atoms with Gasteiger partial charge >= 0.3 is 0 Å². The molecule has 0 aliphatic carbocycles. The standard InChI is InChI=1S/C12H13NO/c1-2-4-11(5-3-1)8-13-9-12-6-7-14-10-12/h1-7,9,13H,8,10H2. The summed E-state index contributed by atoms with van der Waals surface area (Å²) in [4.78, 5) is 0. The Balaban J connectivity index is 1.83. The first kappa shape index (κ1) is 8.88. The van der Waals surface area contributed by atoms with E-state index in [1.807, 2.05) is 30.5 Å². The minimum atomic E-state index is 0.682. The van der Waals surface area contributed by atoms with Crippen molar-refractivity contribution >= 4 is 0 Å². The normalized spacial score (nSPS) is 17.0. The largest absolute Gasteiger partial charge is 0.496 e. The molecular formula is C12H13NO. The van der Waals surface area contributed by atoms with Crippen LogP contribution >= 0.6 is 0 Å². The average Bonchev–Trinajstić information content (AvgIpc) is 2.72. The Morgan fingerprint density at radius 2 is 2.14 bits per heavy atom. The van der Waals surface area contributed by atoms with E-state index in [1.54, 1.807) is 6.26 Å². The number of hydrogen-bond donors (Lipinski definition) is 1. The number of rotatable bonds is 3. The van der Waals surface area contributed by atoms with Crippen molar-refractivity contribution < 1.29 is 4.74 Å². The molecule has 1 aromatic carbocycles. The molecule has 2 rings (SSSR count). The van der Waals surface area contributed by atoms with Gasteiger partial charge in [-0.3, -0.25) is 0 Å². The van der Waals surface area contributed by atoms with E-state index in [-0.39, 0.29) is 0 Å². The van der Waals surface area contributed by atoms with Crippen molar-refractivity contribution in [3.8, 4) is 0 Å². The molecule has 2 nitrogen and oxygen atoms in total. The van der Waals surface area contributed by atoms with Gasteiger partial charge in [-0.2, -0.15) is 0 Å². The summed E-state index contributed by atoms with van der Waals surface area (Å²) in [6.07, 6.45) is 5.69. The van der Waals surface area contributed by atoms with Gasteiger partial charge < -0.3 is 10.1 Å². The van der Waals surface area contributed by atoms with Crippen LogP contribution in [0.5, 0.6) is 0 Å². The maximum absolute atomic E-state index is 5.07. The summed E-state index contributed by atoms with van der Waals surface area (Å²) in [5.74, 6) is 0. The summed E-state index contributed by atoms with van der Waals surface area (Å²) in [5, 5.41) is 3.25. The van der Waals surface area contributed by atoms with Gasteiger partial charge in [-0.25, -0.2) is 0 Å². The molecule has 14 heavy (non-hydrogen) atoms. The highest BCUT2D eigenvalue weighted by atomic mass is 16.5. The Hall–Kier alpha value is -1.70. The van der Waals surface area contributed by atoms with Crippen molar-refractivity contribution in [3.05, 3.63) is 60.0 Å². The van der Waals surface area contributed by atoms with Gasteiger partial charge in [0.2, 0.25) is 0 Å². The van der Waals surface area contributed by atoms with E-state index in [9.17, 15) is 0 Å². The molecule has 0 saturated heterocycles. The summed E-state index contributed by atoms with van der Waals surface area (Å²) in [6, 6.07) is 10.3.